The lowest BCUT2D eigenvalue weighted by molar-refractivity contribution is -0.120. The average molecular weight is 477 g/mol. The molecule has 1 amide bonds. The molecule has 4 rings (SSSR count). The Kier molecular flexibility index (Phi) is 7.03. The van der Waals surface area contributed by atoms with Crippen LogP contribution in [0, 0.1) is 11.3 Å². The number of rotatable bonds is 8. The quantitative estimate of drug-likeness (QED) is 0.366. The summed E-state index contributed by atoms with van der Waals surface area (Å²) in [6.07, 6.45) is 1.36. The lowest BCUT2D eigenvalue weighted by Gasteiger charge is -2.04. The maximum Gasteiger partial charge on any atom is 0.226 e. The van der Waals surface area contributed by atoms with Gasteiger partial charge in [-0.25, -0.2) is 9.67 Å². The molecule has 0 saturated carbocycles. The number of carbonyl (C=O) groups excluding carboxylic acids is 1. The van der Waals surface area contributed by atoms with Crippen LogP contribution in [-0.4, -0.2) is 27.2 Å². The van der Waals surface area contributed by atoms with E-state index >= 15 is 0 Å². The zero-order valence-corrected chi connectivity index (χ0v) is 19.2. The normalized spacial score (nSPS) is 10.7. The van der Waals surface area contributed by atoms with E-state index in [0.29, 0.717) is 47.2 Å². The van der Waals surface area contributed by atoms with E-state index in [9.17, 15) is 10.1 Å². The SMILES string of the molecule is N#Cc1c(CCCNC(=O)Cc2csc(-c3ccccc3Cl)n2)nn(-c2ccccc2)c1N. The third kappa shape index (κ3) is 5.22. The van der Waals surface area contributed by atoms with Gasteiger partial charge in [0, 0.05) is 17.5 Å². The maximum atomic E-state index is 12.3. The highest BCUT2D eigenvalue weighted by atomic mass is 35.5. The number of thiazole rings is 1. The fourth-order valence-corrected chi connectivity index (χ4v) is 4.54. The van der Waals surface area contributed by atoms with Crippen LogP contribution in [0.2, 0.25) is 5.02 Å². The topological polar surface area (TPSA) is 110 Å². The summed E-state index contributed by atoms with van der Waals surface area (Å²) >= 11 is 7.69. The number of halogens is 1. The number of hydrogen-bond acceptors (Lipinski definition) is 6. The van der Waals surface area contributed by atoms with Crippen LogP contribution in [0.4, 0.5) is 5.82 Å². The van der Waals surface area contributed by atoms with E-state index in [1.54, 1.807) is 4.68 Å². The molecule has 2 aromatic carbocycles. The highest BCUT2D eigenvalue weighted by molar-refractivity contribution is 7.13. The largest absolute Gasteiger partial charge is 0.382 e. The first-order chi connectivity index (χ1) is 16.1. The van der Waals surface area contributed by atoms with Crippen LogP contribution in [-0.2, 0) is 17.6 Å². The van der Waals surface area contributed by atoms with Crippen molar-refractivity contribution in [2.75, 3.05) is 12.3 Å². The van der Waals surface area contributed by atoms with Crippen molar-refractivity contribution >= 4 is 34.7 Å². The molecule has 0 radical (unpaired) electrons. The van der Waals surface area contributed by atoms with Crippen LogP contribution in [0.3, 0.4) is 0 Å². The Morgan fingerprint density at radius 2 is 1.94 bits per heavy atom. The molecule has 0 spiro atoms. The summed E-state index contributed by atoms with van der Waals surface area (Å²) in [6, 6.07) is 19.1. The van der Waals surface area contributed by atoms with Crippen LogP contribution in [0.25, 0.3) is 16.3 Å². The first-order valence-corrected chi connectivity index (χ1v) is 11.6. The van der Waals surface area contributed by atoms with Crippen LogP contribution < -0.4 is 11.1 Å². The fraction of sp³-hybridized carbons (Fsp3) is 0.167. The minimum Gasteiger partial charge on any atom is -0.382 e. The second-order valence-corrected chi connectivity index (χ2v) is 8.59. The molecule has 0 aliphatic heterocycles. The molecule has 9 heteroatoms. The summed E-state index contributed by atoms with van der Waals surface area (Å²) in [6.45, 7) is 0.462. The molecule has 0 fully saturated rings. The zero-order valence-electron chi connectivity index (χ0n) is 17.7. The van der Waals surface area contributed by atoms with E-state index in [0.717, 1.165) is 16.3 Å². The smallest absolute Gasteiger partial charge is 0.226 e. The monoisotopic (exact) mass is 476 g/mol. The van der Waals surface area contributed by atoms with Crippen molar-refractivity contribution in [3.05, 3.63) is 82.0 Å². The number of aromatic nitrogens is 3. The summed E-state index contributed by atoms with van der Waals surface area (Å²) in [5, 5.41) is 20.2. The standard InChI is InChI=1S/C24H21ClN6OS/c25-20-10-5-4-9-18(20)24-29-16(15-33-24)13-22(32)28-12-6-11-21-19(14-26)23(27)31(30-21)17-7-2-1-3-8-17/h1-5,7-10,15H,6,11-13,27H2,(H,28,32). The molecule has 0 atom stereocenters. The number of anilines is 1. The van der Waals surface area contributed by atoms with E-state index in [4.69, 9.17) is 17.3 Å². The molecule has 2 heterocycles. The minimum absolute atomic E-state index is 0.110. The zero-order chi connectivity index (χ0) is 23.2. The number of carbonyl (C=O) groups is 1. The molecule has 33 heavy (non-hydrogen) atoms. The molecule has 7 nitrogen and oxygen atoms in total. The van der Waals surface area contributed by atoms with Gasteiger partial charge in [-0.1, -0.05) is 48.0 Å². The number of nitrogen functional groups attached to an aromatic ring is 1. The van der Waals surface area contributed by atoms with Crippen LogP contribution >= 0.6 is 22.9 Å². The lowest BCUT2D eigenvalue weighted by atomic mass is 10.1. The van der Waals surface area contributed by atoms with Crippen molar-refractivity contribution < 1.29 is 4.79 Å². The second kappa shape index (κ2) is 10.3. The van der Waals surface area contributed by atoms with Crippen molar-refractivity contribution in [1.82, 2.24) is 20.1 Å². The average Bonchev–Trinajstić information content (AvgIpc) is 3.41. The van der Waals surface area contributed by atoms with Crippen LogP contribution in [0.1, 0.15) is 23.4 Å². The highest BCUT2D eigenvalue weighted by Crippen LogP contribution is 2.30. The predicted octanol–water partition coefficient (Wildman–Crippen LogP) is 4.39. The van der Waals surface area contributed by atoms with E-state index in [-0.39, 0.29) is 12.3 Å². The second-order valence-electron chi connectivity index (χ2n) is 7.32. The summed E-state index contributed by atoms with van der Waals surface area (Å²) in [4.78, 5) is 16.9. The molecular formula is C24H21ClN6OS. The van der Waals surface area contributed by atoms with Gasteiger partial charge in [-0.3, -0.25) is 4.79 Å². The van der Waals surface area contributed by atoms with E-state index in [2.05, 4.69) is 21.5 Å². The summed E-state index contributed by atoms with van der Waals surface area (Å²) in [7, 11) is 0. The Morgan fingerprint density at radius 3 is 2.70 bits per heavy atom. The summed E-state index contributed by atoms with van der Waals surface area (Å²) < 4.78 is 1.57. The molecule has 0 bridgehead atoms. The van der Waals surface area contributed by atoms with Gasteiger partial charge >= 0.3 is 0 Å². The Hall–Kier alpha value is -3.67. The van der Waals surface area contributed by atoms with Gasteiger partial charge in [0.15, 0.2) is 0 Å². The fourth-order valence-electron chi connectivity index (χ4n) is 3.40. The number of aryl methyl sites for hydroxylation is 1. The van der Waals surface area contributed by atoms with Crippen molar-refractivity contribution in [2.24, 2.45) is 0 Å². The van der Waals surface area contributed by atoms with Crippen LogP contribution in [0.5, 0.6) is 0 Å². The third-order valence-corrected chi connectivity index (χ3v) is 6.27. The van der Waals surface area contributed by atoms with E-state index in [1.807, 2.05) is 60.0 Å². The first-order valence-electron chi connectivity index (χ1n) is 10.4. The summed E-state index contributed by atoms with van der Waals surface area (Å²) in [5.41, 5.74) is 9.49. The van der Waals surface area contributed by atoms with Gasteiger partial charge < -0.3 is 11.1 Å². The maximum absolute atomic E-state index is 12.3. The third-order valence-electron chi connectivity index (χ3n) is 5.02. The molecule has 0 aliphatic rings. The Balaban J connectivity index is 1.31. The lowest BCUT2D eigenvalue weighted by Crippen LogP contribution is -2.26. The van der Waals surface area contributed by atoms with Gasteiger partial charge in [-0.05, 0) is 31.0 Å². The Morgan fingerprint density at radius 1 is 1.18 bits per heavy atom. The Labute approximate surface area is 200 Å². The number of nitrogens with zero attached hydrogens (tertiary/aromatic N) is 4. The van der Waals surface area contributed by atoms with Gasteiger partial charge in [0.05, 0.1) is 28.5 Å². The van der Waals surface area contributed by atoms with Crippen molar-refractivity contribution in [3.63, 3.8) is 0 Å². The molecule has 3 N–H and O–H groups in total. The summed E-state index contributed by atoms with van der Waals surface area (Å²) in [5.74, 6) is 0.210. The number of para-hydroxylation sites is 1. The molecule has 0 unspecified atom stereocenters. The number of benzene rings is 2. The van der Waals surface area contributed by atoms with E-state index in [1.165, 1.54) is 11.3 Å². The number of nitrogens with two attached hydrogens (primary N) is 1. The number of nitriles is 1. The molecule has 2 aromatic heterocycles. The molecular weight excluding hydrogens is 456 g/mol. The highest BCUT2D eigenvalue weighted by Gasteiger charge is 2.16. The molecule has 4 aromatic rings. The van der Waals surface area contributed by atoms with Gasteiger partial charge in [0.25, 0.3) is 0 Å². The van der Waals surface area contributed by atoms with Crippen LogP contribution in [0.15, 0.2) is 60.0 Å². The first kappa shape index (κ1) is 22.5. The number of amides is 1. The number of nitrogens with one attached hydrogen (secondary N) is 1. The van der Waals surface area contributed by atoms with Crippen molar-refractivity contribution in [1.29, 1.82) is 5.26 Å². The molecule has 166 valence electrons. The van der Waals surface area contributed by atoms with Gasteiger partial charge in [-0.2, -0.15) is 10.4 Å². The van der Waals surface area contributed by atoms with Crippen molar-refractivity contribution in [3.8, 4) is 22.3 Å². The minimum atomic E-state index is -0.110. The van der Waals surface area contributed by atoms with Gasteiger partial charge in [0.1, 0.15) is 22.5 Å². The Bertz CT molecular complexity index is 1310. The van der Waals surface area contributed by atoms with Crippen molar-refractivity contribution in [2.45, 2.75) is 19.3 Å². The van der Waals surface area contributed by atoms with Gasteiger partial charge in [0.2, 0.25) is 5.91 Å². The molecule has 0 saturated heterocycles. The number of hydrogen-bond donors (Lipinski definition) is 2. The predicted molar refractivity (Wildman–Crippen MR) is 130 cm³/mol. The van der Waals surface area contributed by atoms with Gasteiger partial charge in [-0.15, -0.1) is 11.3 Å². The molecule has 0 aliphatic carbocycles. The van der Waals surface area contributed by atoms with E-state index < -0.39 is 0 Å².